The number of amides is 1. The zero-order chi connectivity index (χ0) is 32.0. The Labute approximate surface area is 262 Å². The molecule has 0 aliphatic heterocycles. The van der Waals surface area contributed by atoms with Crippen molar-refractivity contribution in [3.05, 3.63) is 108 Å². The SMILES string of the molecule is COC(=O)c1cc(-c2cnn(Cc3ccccc3)c2)ccc1N[C@@H](C#N)[C@H](Cc1c[nH]c2ccccc12)NC(=O)OC(C)(C)C. The van der Waals surface area contributed by atoms with Gasteiger partial charge in [-0.15, -0.1) is 0 Å². The molecule has 0 spiro atoms. The number of carbonyl (C=O) groups is 2. The lowest BCUT2D eigenvalue weighted by atomic mass is 9.98. The molecule has 230 valence electrons. The molecule has 3 N–H and O–H groups in total. The van der Waals surface area contributed by atoms with E-state index in [2.05, 4.69) is 26.8 Å². The van der Waals surface area contributed by atoms with E-state index in [0.29, 0.717) is 18.7 Å². The number of nitrogens with one attached hydrogen (secondary N) is 3. The van der Waals surface area contributed by atoms with Gasteiger partial charge in [-0.1, -0.05) is 54.6 Å². The van der Waals surface area contributed by atoms with Crippen LogP contribution in [0.5, 0.6) is 0 Å². The standard InChI is InChI=1S/C35H36N6O4/c1-35(2,3)45-34(43)40-31(17-25-19-37-29-13-9-8-12-27(25)29)32(18-36)39-30-15-14-24(16-28(30)33(42)44-4)26-20-38-41(22-26)21-23-10-6-5-7-11-23/h5-16,19-20,22,31-32,37,39H,17,21H2,1-4H3,(H,40,43)/t31-,32-/m0/s1. The van der Waals surface area contributed by atoms with Crippen molar-refractivity contribution in [3.8, 4) is 17.2 Å². The number of nitriles is 1. The Balaban J connectivity index is 1.43. The number of fused-ring (bicyclic) bond motifs is 1. The molecule has 2 atom stereocenters. The van der Waals surface area contributed by atoms with Gasteiger partial charge >= 0.3 is 12.1 Å². The Morgan fingerprint density at radius 3 is 2.53 bits per heavy atom. The highest BCUT2D eigenvalue weighted by Gasteiger charge is 2.28. The largest absolute Gasteiger partial charge is 0.465 e. The lowest BCUT2D eigenvalue weighted by Gasteiger charge is -2.27. The van der Waals surface area contributed by atoms with E-state index in [1.54, 1.807) is 39.1 Å². The minimum absolute atomic E-state index is 0.245. The van der Waals surface area contributed by atoms with E-state index in [9.17, 15) is 14.9 Å². The summed E-state index contributed by atoms with van der Waals surface area (Å²) in [6.07, 6.45) is 5.20. The molecule has 0 saturated heterocycles. The van der Waals surface area contributed by atoms with E-state index in [-0.39, 0.29) is 5.56 Å². The minimum Gasteiger partial charge on any atom is -0.465 e. The molecule has 0 aliphatic rings. The first-order valence-corrected chi connectivity index (χ1v) is 14.6. The summed E-state index contributed by atoms with van der Waals surface area (Å²) in [5.74, 6) is -0.569. The molecule has 0 radical (unpaired) electrons. The van der Waals surface area contributed by atoms with Gasteiger partial charge in [0.2, 0.25) is 0 Å². The van der Waals surface area contributed by atoms with Crippen molar-refractivity contribution in [2.45, 2.75) is 51.4 Å². The van der Waals surface area contributed by atoms with Crippen molar-refractivity contribution >= 4 is 28.7 Å². The predicted molar refractivity (Wildman–Crippen MR) is 173 cm³/mol. The van der Waals surface area contributed by atoms with Crippen LogP contribution in [0.4, 0.5) is 10.5 Å². The predicted octanol–water partition coefficient (Wildman–Crippen LogP) is 6.31. The number of alkyl carbamates (subject to hydrolysis) is 1. The Hall–Kier alpha value is -5.56. The number of anilines is 1. The van der Waals surface area contributed by atoms with E-state index >= 15 is 0 Å². The first kappa shape index (κ1) is 30.9. The number of esters is 1. The molecule has 0 unspecified atom stereocenters. The summed E-state index contributed by atoms with van der Waals surface area (Å²) >= 11 is 0. The zero-order valence-corrected chi connectivity index (χ0v) is 25.7. The van der Waals surface area contributed by atoms with Gasteiger partial charge in [-0.3, -0.25) is 4.68 Å². The van der Waals surface area contributed by atoms with E-state index in [1.807, 2.05) is 77.7 Å². The number of methoxy groups -OCH3 is 1. The Morgan fingerprint density at radius 2 is 1.80 bits per heavy atom. The number of rotatable bonds is 10. The maximum atomic E-state index is 13.0. The number of hydrogen-bond acceptors (Lipinski definition) is 7. The van der Waals surface area contributed by atoms with Crippen LogP contribution in [0.2, 0.25) is 0 Å². The molecule has 0 fully saturated rings. The van der Waals surface area contributed by atoms with Gasteiger partial charge < -0.3 is 25.1 Å². The van der Waals surface area contributed by atoms with E-state index in [1.165, 1.54) is 7.11 Å². The van der Waals surface area contributed by atoms with Crippen LogP contribution in [0.25, 0.3) is 22.0 Å². The van der Waals surface area contributed by atoms with Gasteiger partial charge in [-0.2, -0.15) is 10.4 Å². The fraction of sp³-hybridized carbons (Fsp3) is 0.257. The van der Waals surface area contributed by atoms with Gasteiger partial charge in [0, 0.05) is 34.5 Å². The molecular weight excluding hydrogens is 568 g/mol. The minimum atomic E-state index is -0.936. The quantitative estimate of drug-likeness (QED) is 0.159. The number of H-pyrrole nitrogens is 1. The second kappa shape index (κ2) is 13.4. The van der Waals surface area contributed by atoms with Crippen molar-refractivity contribution in [3.63, 3.8) is 0 Å². The molecule has 0 bridgehead atoms. The van der Waals surface area contributed by atoms with Gasteiger partial charge in [0.25, 0.3) is 0 Å². The van der Waals surface area contributed by atoms with Crippen molar-refractivity contribution in [2.75, 3.05) is 12.4 Å². The molecule has 2 heterocycles. The topological polar surface area (TPSA) is 134 Å². The molecule has 0 aliphatic carbocycles. The smallest absolute Gasteiger partial charge is 0.407 e. The molecule has 3 aromatic carbocycles. The zero-order valence-electron chi connectivity index (χ0n) is 25.7. The second-order valence-electron chi connectivity index (χ2n) is 11.7. The van der Waals surface area contributed by atoms with Crippen molar-refractivity contribution < 1.29 is 19.1 Å². The van der Waals surface area contributed by atoms with Crippen molar-refractivity contribution in [2.24, 2.45) is 0 Å². The number of aromatic amines is 1. The van der Waals surface area contributed by atoms with Gasteiger partial charge in [-0.05, 0) is 62.1 Å². The lowest BCUT2D eigenvalue weighted by molar-refractivity contribution is 0.0501. The Bertz CT molecular complexity index is 1830. The van der Waals surface area contributed by atoms with Gasteiger partial charge in [0.1, 0.15) is 11.6 Å². The van der Waals surface area contributed by atoms with E-state index in [4.69, 9.17) is 9.47 Å². The molecular formula is C35H36N6O4. The fourth-order valence-electron chi connectivity index (χ4n) is 5.14. The van der Waals surface area contributed by atoms with Crippen LogP contribution >= 0.6 is 0 Å². The highest BCUT2D eigenvalue weighted by molar-refractivity contribution is 5.97. The highest BCUT2D eigenvalue weighted by Crippen LogP contribution is 2.28. The normalized spacial score (nSPS) is 12.6. The van der Waals surface area contributed by atoms with Gasteiger partial charge in [0.05, 0.1) is 37.5 Å². The number of nitrogens with zero attached hydrogens (tertiary/aromatic N) is 3. The number of hydrogen-bond donors (Lipinski definition) is 3. The van der Waals surface area contributed by atoms with E-state index in [0.717, 1.165) is 33.2 Å². The molecule has 5 rings (SSSR count). The van der Waals surface area contributed by atoms with Gasteiger partial charge in [0.15, 0.2) is 0 Å². The summed E-state index contributed by atoms with van der Waals surface area (Å²) in [7, 11) is 1.31. The molecule has 2 aromatic heterocycles. The molecule has 5 aromatic rings. The summed E-state index contributed by atoms with van der Waals surface area (Å²) in [6.45, 7) is 5.93. The summed E-state index contributed by atoms with van der Waals surface area (Å²) in [5.41, 5.74) is 4.47. The van der Waals surface area contributed by atoms with E-state index < -0.39 is 29.7 Å². The monoisotopic (exact) mass is 604 g/mol. The third kappa shape index (κ3) is 7.70. The first-order valence-electron chi connectivity index (χ1n) is 14.6. The number of benzene rings is 3. The molecule has 0 saturated carbocycles. The lowest BCUT2D eigenvalue weighted by Crippen LogP contribution is -2.49. The molecule has 1 amide bonds. The molecule has 45 heavy (non-hydrogen) atoms. The summed E-state index contributed by atoms with van der Waals surface area (Å²) in [5, 5.41) is 21.9. The van der Waals surface area contributed by atoms with Crippen LogP contribution in [0, 0.1) is 11.3 Å². The Morgan fingerprint density at radius 1 is 1.04 bits per heavy atom. The van der Waals surface area contributed by atoms with Crippen molar-refractivity contribution in [1.82, 2.24) is 20.1 Å². The van der Waals surface area contributed by atoms with Crippen LogP contribution in [-0.4, -0.2) is 51.6 Å². The summed E-state index contributed by atoms with van der Waals surface area (Å²) in [6, 6.07) is 23.7. The van der Waals surface area contributed by atoms with Crippen LogP contribution in [-0.2, 0) is 22.4 Å². The second-order valence-corrected chi connectivity index (χ2v) is 11.7. The third-order valence-corrected chi connectivity index (χ3v) is 7.25. The molecule has 10 nitrogen and oxygen atoms in total. The van der Waals surface area contributed by atoms with Crippen LogP contribution in [0.1, 0.15) is 42.3 Å². The van der Waals surface area contributed by atoms with Crippen LogP contribution in [0.3, 0.4) is 0 Å². The third-order valence-electron chi connectivity index (χ3n) is 7.25. The number of carbonyl (C=O) groups excluding carboxylic acids is 2. The average Bonchev–Trinajstić information content (AvgIpc) is 3.66. The Kier molecular flexibility index (Phi) is 9.19. The maximum absolute atomic E-state index is 13.0. The number of aromatic nitrogens is 3. The first-order chi connectivity index (χ1) is 21.6. The average molecular weight is 605 g/mol. The summed E-state index contributed by atoms with van der Waals surface area (Å²) < 4.78 is 12.5. The number of para-hydroxylation sites is 1. The fourth-order valence-corrected chi connectivity index (χ4v) is 5.14. The maximum Gasteiger partial charge on any atom is 0.407 e. The van der Waals surface area contributed by atoms with Gasteiger partial charge in [-0.25, -0.2) is 9.59 Å². The highest BCUT2D eigenvalue weighted by atomic mass is 16.6. The number of ether oxygens (including phenoxy) is 2. The van der Waals surface area contributed by atoms with Crippen LogP contribution in [0.15, 0.2) is 91.4 Å². The van der Waals surface area contributed by atoms with Crippen molar-refractivity contribution in [1.29, 1.82) is 5.26 Å². The molecule has 10 heteroatoms. The van der Waals surface area contributed by atoms with Crippen LogP contribution < -0.4 is 10.6 Å². The summed E-state index contributed by atoms with van der Waals surface area (Å²) in [4.78, 5) is 29.1.